The van der Waals surface area contributed by atoms with E-state index in [1.54, 1.807) is 41.4 Å². The molecule has 0 saturated carbocycles. The molecule has 0 radical (unpaired) electrons. The van der Waals surface area contributed by atoms with Gasteiger partial charge in [0.25, 0.3) is 5.91 Å². The average Bonchev–Trinajstić information content (AvgIpc) is 3.22. The zero-order valence-electron chi connectivity index (χ0n) is 20.8. The van der Waals surface area contributed by atoms with Crippen LogP contribution in [0.3, 0.4) is 0 Å². The number of fused-ring (bicyclic) bond motifs is 1. The Kier molecular flexibility index (Phi) is 5.27. The largest absolute Gasteiger partial charge is 0.437 e. The van der Waals surface area contributed by atoms with E-state index < -0.39 is 0 Å². The molecule has 1 N–H and O–H groups in total. The second kappa shape index (κ2) is 8.53. The fraction of sp³-hybridized carbons (Fsp3) is 0.308. The van der Waals surface area contributed by atoms with Crippen molar-refractivity contribution < 1.29 is 9.53 Å². The summed E-state index contributed by atoms with van der Waals surface area (Å²) in [6, 6.07) is 8.99. The van der Waals surface area contributed by atoms with Crippen LogP contribution in [0.15, 0.2) is 43.0 Å². The molecule has 0 aliphatic carbocycles. The Bertz CT molecular complexity index is 1560. The third-order valence-corrected chi connectivity index (χ3v) is 6.86. The topological polar surface area (TPSA) is 125 Å². The average molecular weight is 496 g/mol. The summed E-state index contributed by atoms with van der Waals surface area (Å²) in [6.45, 7) is 5.57. The van der Waals surface area contributed by atoms with Crippen molar-refractivity contribution in [3.63, 3.8) is 0 Å². The fourth-order valence-electron chi connectivity index (χ4n) is 5.17. The van der Waals surface area contributed by atoms with E-state index in [9.17, 15) is 4.79 Å². The van der Waals surface area contributed by atoms with E-state index >= 15 is 0 Å². The van der Waals surface area contributed by atoms with Gasteiger partial charge in [-0.25, -0.2) is 15.0 Å². The van der Waals surface area contributed by atoms with E-state index in [0.29, 0.717) is 51.0 Å². The van der Waals surface area contributed by atoms with Crippen LogP contribution in [0.4, 0.5) is 11.5 Å². The number of amides is 1. The maximum Gasteiger partial charge on any atom is 0.255 e. The molecule has 6 heterocycles. The van der Waals surface area contributed by atoms with Gasteiger partial charge in [-0.1, -0.05) is 0 Å². The number of nitrogens with one attached hydrogen (secondary N) is 1. The molecule has 37 heavy (non-hydrogen) atoms. The van der Waals surface area contributed by atoms with Gasteiger partial charge in [-0.05, 0) is 37.7 Å². The number of imidazole rings is 1. The van der Waals surface area contributed by atoms with Gasteiger partial charge < -0.3 is 24.4 Å². The Morgan fingerprint density at radius 1 is 1.11 bits per heavy atom. The van der Waals surface area contributed by atoms with Crippen molar-refractivity contribution in [1.82, 2.24) is 34.3 Å². The van der Waals surface area contributed by atoms with Crippen LogP contribution < -0.4 is 10.1 Å². The van der Waals surface area contributed by atoms with Gasteiger partial charge in [0.1, 0.15) is 23.1 Å². The van der Waals surface area contributed by atoms with Gasteiger partial charge in [-0.2, -0.15) is 10.2 Å². The predicted octanol–water partition coefficient (Wildman–Crippen LogP) is 2.86. The number of aromatic nitrogens is 5. The fourth-order valence-corrected chi connectivity index (χ4v) is 5.17. The monoisotopic (exact) mass is 495 g/mol. The van der Waals surface area contributed by atoms with Crippen LogP contribution in [0.25, 0.3) is 11.2 Å². The zero-order valence-corrected chi connectivity index (χ0v) is 20.8. The van der Waals surface area contributed by atoms with Crippen molar-refractivity contribution in [3.05, 3.63) is 59.8 Å². The highest BCUT2D eigenvalue weighted by Gasteiger charge is 2.51. The first-order valence-corrected chi connectivity index (χ1v) is 11.9. The molecule has 4 aromatic rings. The number of pyridine rings is 3. The Morgan fingerprint density at radius 2 is 1.92 bits per heavy atom. The number of rotatable bonds is 5. The summed E-state index contributed by atoms with van der Waals surface area (Å²) in [6.07, 6.45) is 4.79. The smallest absolute Gasteiger partial charge is 0.255 e. The van der Waals surface area contributed by atoms with Crippen LogP contribution in [0.1, 0.15) is 21.6 Å². The molecular formula is C26H25N9O2. The van der Waals surface area contributed by atoms with Crippen LogP contribution >= 0.6 is 0 Å². The molecule has 11 nitrogen and oxygen atoms in total. The first kappa shape index (κ1) is 22.9. The van der Waals surface area contributed by atoms with Crippen molar-refractivity contribution in [2.24, 2.45) is 12.5 Å². The molecule has 6 rings (SSSR count). The molecule has 0 aromatic carbocycles. The lowest BCUT2D eigenvalue weighted by Crippen LogP contribution is -2.72. The van der Waals surface area contributed by atoms with Gasteiger partial charge in [0, 0.05) is 50.9 Å². The summed E-state index contributed by atoms with van der Waals surface area (Å²) in [4.78, 5) is 34.6. The van der Waals surface area contributed by atoms with E-state index in [-0.39, 0.29) is 5.91 Å². The lowest BCUT2D eigenvalue weighted by atomic mass is 9.73. The highest BCUT2D eigenvalue weighted by Crippen LogP contribution is 2.39. The van der Waals surface area contributed by atoms with Crippen molar-refractivity contribution in [2.75, 3.05) is 38.5 Å². The molecule has 0 atom stereocenters. The summed E-state index contributed by atoms with van der Waals surface area (Å²) in [5.74, 6) is 1.42. The van der Waals surface area contributed by atoms with Gasteiger partial charge >= 0.3 is 0 Å². The van der Waals surface area contributed by atoms with E-state index in [1.807, 2.05) is 24.9 Å². The van der Waals surface area contributed by atoms with Crippen LogP contribution in [0, 0.1) is 23.7 Å². The molecule has 11 heteroatoms. The number of nitriles is 1. The summed E-state index contributed by atoms with van der Waals surface area (Å²) in [5.41, 5.74) is 3.89. The molecular weight excluding hydrogens is 470 g/mol. The number of nitrogens with zero attached hydrogens (tertiary/aromatic N) is 8. The Hall–Kier alpha value is -4.56. The maximum atomic E-state index is 12.9. The second-order valence-electron chi connectivity index (χ2n) is 9.98. The molecule has 0 bridgehead atoms. The van der Waals surface area contributed by atoms with Gasteiger partial charge in [-0.15, -0.1) is 0 Å². The van der Waals surface area contributed by atoms with Crippen molar-refractivity contribution in [1.29, 1.82) is 5.26 Å². The summed E-state index contributed by atoms with van der Waals surface area (Å²) >= 11 is 0. The van der Waals surface area contributed by atoms with E-state index in [2.05, 4.69) is 37.2 Å². The van der Waals surface area contributed by atoms with Crippen LogP contribution in [0.5, 0.6) is 11.6 Å². The van der Waals surface area contributed by atoms with Gasteiger partial charge in [0.2, 0.25) is 5.88 Å². The lowest BCUT2D eigenvalue weighted by Gasteiger charge is -2.59. The molecule has 2 aliphatic heterocycles. The van der Waals surface area contributed by atoms with Gasteiger partial charge in [0.05, 0.1) is 23.8 Å². The third kappa shape index (κ3) is 4.11. The first-order valence-electron chi connectivity index (χ1n) is 11.9. The summed E-state index contributed by atoms with van der Waals surface area (Å²) in [5, 5.41) is 12.3. The van der Waals surface area contributed by atoms with Crippen molar-refractivity contribution >= 4 is 28.6 Å². The normalized spacial score (nSPS) is 16.2. The first-order chi connectivity index (χ1) is 17.8. The highest BCUT2D eigenvalue weighted by molar-refractivity contribution is 5.95. The zero-order chi connectivity index (χ0) is 25.7. The van der Waals surface area contributed by atoms with E-state index in [1.165, 1.54) is 6.20 Å². The Morgan fingerprint density at radius 3 is 2.59 bits per heavy atom. The van der Waals surface area contributed by atoms with Gasteiger partial charge in [0.15, 0.2) is 11.4 Å². The quantitative estimate of drug-likeness (QED) is 0.445. The number of hydrogen-bond donors (Lipinski definition) is 1. The lowest BCUT2D eigenvalue weighted by molar-refractivity contribution is -0.0872. The second-order valence-corrected chi connectivity index (χ2v) is 9.98. The van der Waals surface area contributed by atoms with Crippen molar-refractivity contribution in [3.8, 4) is 17.7 Å². The molecule has 2 fully saturated rings. The minimum absolute atomic E-state index is 0.0114. The number of carbonyl (C=O) groups excluding carboxylic acids is 1. The van der Waals surface area contributed by atoms with Crippen molar-refractivity contribution in [2.45, 2.75) is 6.92 Å². The Labute approximate surface area is 213 Å². The summed E-state index contributed by atoms with van der Waals surface area (Å²) < 4.78 is 7.81. The number of carbonyl (C=O) groups is 1. The van der Waals surface area contributed by atoms with E-state index in [4.69, 9.17) is 10.00 Å². The number of hydrogen-bond acceptors (Lipinski definition) is 9. The van der Waals surface area contributed by atoms with Gasteiger partial charge in [-0.3, -0.25) is 4.79 Å². The van der Waals surface area contributed by atoms with Crippen LogP contribution in [-0.2, 0) is 7.05 Å². The van der Waals surface area contributed by atoms with Crippen LogP contribution in [-0.4, -0.2) is 73.4 Å². The minimum atomic E-state index is 0.0114. The predicted molar refractivity (Wildman–Crippen MR) is 136 cm³/mol. The molecule has 2 saturated heterocycles. The SMILES string of the molecule is Cc1cc(C#N)ncc1Oc1cc(Nc2ccc(C(=O)N3CC4(CN(C)C4)C3)cn2)c2ncn(C)c2n1. The highest BCUT2D eigenvalue weighted by atomic mass is 16.5. The number of ether oxygens (including phenoxy) is 1. The molecule has 1 spiro atoms. The third-order valence-electron chi connectivity index (χ3n) is 6.86. The number of anilines is 2. The number of aryl methyl sites for hydroxylation is 2. The minimum Gasteiger partial charge on any atom is -0.437 e. The molecule has 1 amide bonds. The molecule has 0 unspecified atom stereocenters. The van der Waals surface area contributed by atoms with Crippen LogP contribution in [0.2, 0.25) is 0 Å². The molecule has 2 aliphatic rings. The summed E-state index contributed by atoms with van der Waals surface area (Å²) in [7, 11) is 3.96. The Balaban J connectivity index is 1.21. The standard InChI is InChI=1S/C26H25N9O2/c1-16-6-18(8-27)28-10-20(16)37-22-7-19(23-24(32-22)34(3)15-30-23)31-21-5-4-17(9-29-21)25(36)35-13-26(14-35)11-33(2)12-26/h4-7,9-10,15H,11-14H2,1-3H3,(H,29,31,32). The molecule has 4 aromatic heterocycles. The maximum absolute atomic E-state index is 12.9. The van der Waals surface area contributed by atoms with E-state index in [0.717, 1.165) is 31.7 Å². The molecule has 186 valence electrons. The number of likely N-dealkylation sites (tertiary alicyclic amines) is 2.